The Morgan fingerprint density at radius 1 is 1.06 bits per heavy atom. The van der Waals surface area contributed by atoms with Crippen LogP contribution in [0.3, 0.4) is 0 Å². The third-order valence-corrected chi connectivity index (χ3v) is 7.10. The van der Waals surface area contributed by atoms with Gasteiger partial charge in [-0.05, 0) is 53.9 Å². The lowest BCUT2D eigenvalue weighted by Gasteiger charge is -2.35. The van der Waals surface area contributed by atoms with Gasteiger partial charge in [0.25, 0.3) is 0 Å². The second-order valence-electron chi connectivity index (χ2n) is 7.32. The lowest BCUT2D eigenvalue weighted by molar-refractivity contribution is 0.00236. The van der Waals surface area contributed by atoms with Crippen molar-refractivity contribution in [1.82, 2.24) is 9.79 Å². The van der Waals surface area contributed by atoms with E-state index in [9.17, 15) is 17.6 Å². The molecule has 0 bridgehead atoms. The monoisotopic (exact) mass is 472 g/mol. The molecule has 0 saturated carbocycles. The highest BCUT2D eigenvalue weighted by Crippen LogP contribution is 2.35. The first-order valence-electron chi connectivity index (χ1n) is 10.1. The average Bonchev–Trinajstić information content (AvgIpc) is 2.84. The Bertz CT molecular complexity index is 1230. The van der Waals surface area contributed by atoms with Crippen LogP contribution in [0.2, 0.25) is 0 Å². The minimum atomic E-state index is -4.05. The first kappa shape index (κ1) is 22.7. The zero-order valence-electron chi connectivity index (χ0n) is 17.3. The summed E-state index contributed by atoms with van der Waals surface area (Å²) in [5, 5.41) is 8.87. The summed E-state index contributed by atoms with van der Waals surface area (Å²) in [5.41, 5.74) is 3.51. The van der Waals surface area contributed by atoms with E-state index in [1.807, 2.05) is 12.1 Å². The Hall–Kier alpha value is -3.47. The van der Waals surface area contributed by atoms with Crippen LogP contribution in [0.5, 0.6) is 5.75 Å². The number of fused-ring (bicyclic) bond motifs is 1. The van der Waals surface area contributed by atoms with Crippen LogP contribution in [0.25, 0.3) is 0 Å². The summed E-state index contributed by atoms with van der Waals surface area (Å²) in [6.07, 6.45) is -1.96. The minimum absolute atomic E-state index is 0.00554. The van der Waals surface area contributed by atoms with Crippen LogP contribution in [-0.2, 0) is 27.8 Å². The quantitative estimate of drug-likeness (QED) is 0.418. The van der Waals surface area contributed by atoms with Crippen LogP contribution >= 0.6 is 0 Å². The fourth-order valence-electron chi connectivity index (χ4n) is 3.59. The number of rotatable bonds is 6. The van der Waals surface area contributed by atoms with Crippen LogP contribution in [0.1, 0.15) is 22.9 Å². The van der Waals surface area contributed by atoms with E-state index in [2.05, 4.69) is 0 Å². The molecule has 10 heteroatoms. The molecule has 172 valence electrons. The van der Waals surface area contributed by atoms with E-state index in [1.54, 1.807) is 24.3 Å². The fraction of sp³-hybridized carbons (Fsp3) is 0.174. The molecule has 1 heterocycles. The van der Waals surface area contributed by atoms with Gasteiger partial charge in [-0.3, -0.25) is 5.21 Å². The van der Waals surface area contributed by atoms with Crippen molar-refractivity contribution in [2.24, 2.45) is 0 Å². The number of benzene rings is 3. The molecule has 3 aromatic rings. The maximum atomic E-state index is 13.4. The molecule has 0 fully saturated rings. The van der Waals surface area contributed by atoms with E-state index < -0.39 is 22.3 Å². The molecule has 0 saturated heterocycles. The molecular weight excluding hydrogens is 451 g/mol. The van der Waals surface area contributed by atoms with E-state index in [0.717, 1.165) is 15.4 Å². The van der Waals surface area contributed by atoms with Crippen LogP contribution in [0.4, 0.5) is 9.18 Å². The molecule has 0 radical (unpaired) electrons. The lowest BCUT2D eigenvalue weighted by atomic mass is 10.00. The van der Waals surface area contributed by atoms with Gasteiger partial charge >= 0.3 is 6.09 Å². The van der Waals surface area contributed by atoms with E-state index in [-0.39, 0.29) is 23.9 Å². The number of ether oxygens (including phenoxy) is 2. The summed E-state index contributed by atoms with van der Waals surface area (Å²) in [6.45, 7) is 0.285. The zero-order chi connectivity index (χ0) is 23.4. The van der Waals surface area contributed by atoms with Gasteiger partial charge in [0.2, 0.25) is 10.0 Å². The summed E-state index contributed by atoms with van der Waals surface area (Å²) >= 11 is 0. The first-order valence-corrected chi connectivity index (χ1v) is 11.5. The number of amides is 1. The van der Waals surface area contributed by atoms with Crippen molar-refractivity contribution in [2.45, 2.75) is 24.2 Å². The Kier molecular flexibility index (Phi) is 6.59. The molecule has 1 aliphatic heterocycles. The van der Waals surface area contributed by atoms with Crippen molar-refractivity contribution in [3.05, 3.63) is 95.3 Å². The molecule has 4 rings (SSSR count). The number of nitrogens with zero attached hydrogens (tertiary/aromatic N) is 1. The highest BCUT2D eigenvalue weighted by Gasteiger charge is 2.38. The van der Waals surface area contributed by atoms with Crippen molar-refractivity contribution in [3.63, 3.8) is 0 Å². The molecule has 33 heavy (non-hydrogen) atoms. The van der Waals surface area contributed by atoms with Gasteiger partial charge < -0.3 is 9.47 Å². The number of hydrogen-bond donors (Lipinski definition) is 2. The Balaban J connectivity index is 1.54. The van der Waals surface area contributed by atoms with Gasteiger partial charge in [0.05, 0.1) is 4.90 Å². The van der Waals surface area contributed by atoms with Crippen LogP contribution in [0.15, 0.2) is 77.7 Å². The number of hydrogen-bond acceptors (Lipinski definition) is 6. The van der Waals surface area contributed by atoms with Crippen molar-refractivity contribution < 1.29 is 32.3 Å². The van der Waals surface area contributed by atoms with E-state index >= 15 is 0 Å². The Morgan fingerprint density at radius 2 is 1.76 bits per heavy atom. The standard InChI is InChI=1S/C23H21FN2O6S/c24-18-7-5-16(6-8-18)15-31-19-9-11-20(12-10-19)33(29,30)26-14-13-17-3-1-2-4-21(17)22(26)32-23(27)25-28/h1-12,22,28H,13-15H2,(H,25,27)/t22-/m1/s1. The number of halogens is 1. The molecule has 1 atom stereocenters. The molecular formula is C23H21FN2O6S. The fourth-order valence-corrected chi connectivity index (χ4v) is 5.08. The summed E-state index contributed by atoms with van der Waals surface area (Å²) in [6, 6.07) is 18.8. The van der Waals surface area contributed by atoms with Crippen LogP contribution in [-0.4, -0.2) is 30.6 Å². The number of nitrogens with one attached hydrogen (secondary N) is 1. The van der Waals surface area contributed by atoms with E-state index in [1.165, 1.54) is 41.9 Å². The van der Waals surface area contributed by atoms with Crippen LogP contribution < -0.4 is 10.2 Å². The van der Waals surface area contributed by atoms with Gasteiger partial charge in [0.1, 0.15) is 18.2 Å². The topological polar surface area (TPSA) is 105 Å². The average molecular weight is 472 g/mol. The Morgan fingerprint density at radius 3 is 2.45 bits per heavy atom. The molecule has 0 unspecified atom stereocenters. The first-order chi connectivity index (χ1) is 15.9. The van der Waals surface area contributed by atoms with Gasteiger partial charge in [-0.25, -0.2) is 23.1 Å². The van der Waals surface area contributed by atoms with E-state index in [4.69, 9.17) is 14.7 Å². The molecule has 8 nitrogen and oxygen atoms in total. The normalized spacial score (nSPS) is 16.0. The SMILES string of the molecule is O=C(NO)O[C@@H]1c2ccccc2CCN1S(=O)(=O)c1ccc(OCc2ccc(F)cc2)cc1. The minimum Gasteiger partial charge on any atom is -0.489 e. The van der Waals surface area contributed by atoms with Crippen molar-refractivity contribution >= 4 is 16.1 Å². The van der Waals surface area contributed by atoms with Gasteiger partial charge in [-0.1, -0.05) is 36.4 Å². The van der Waals surface area contributed by atoms with E-state index in [0.29, 0.717) is 17.7 Å². The van der Waals surface area contributed by atoms with Crippen molar-refractivity contribution in [1.29, 1.82) is 0 Å². The number of carbonyl (C=O) groups is 1. The molecule has 0 aromatic heterocycles. The maximum Gasteiger partial charge on any atom is 0.432 e. The van der Waals surface area contributed by atoms with Crippen molar-refractivity contribution in [2.75, 3.05) is 6.54 Å². The summed E-state index contributed by atoms with van der Waals surface area (Å²) in [5.74, 6) is 0.0992. The lowest BCUT2D eigenvalue weighted by Crippen LogP contribution is -2.43. The summed E-state index contributed by atoms with van der Waals surface area (Å²) in [7, 11) is -4.05. The van der Waals surface area contributed by atoms with Gasteiger partial charge in [-0.2, -0.15) is 4.31 Å². The molecule has 3 aromatic carbocycles. The van der Waals surface area contributed by atoms with Crippen molar-refractivity contribution in [3.8, 4) is 5.75 Å². The molecule has 1 aliphatic rings. The predicted octanol–water partition coefficient (Wildman–Crippen LogP) is 3.77. The summed E-state index contributed by atoms with van der Waals surface area (Å²) < 4.78 is 51.7. The number of hydroxylamine groups is 1. The van der Waals surface area contributed by atoms with Gasteiger partial charge in [-0.15, -0.1) is 0 Å². The second kappa shape index (κ2) is 9.57. The zero-order valence-corrected chi connectivity index (χ0v) is 18.2. The molecule has 1 amide bonds. The van der Waals surface area contributed by atoms with Gasteiger partial charge in [0, 0.05) is 12.1 Å². The predicted molar refractivity (Wildman–Crippen MR) is 115 cm³/mol. The number of carbonyl (C=O) groups excluding carboxylic acids is 1. The highest BCUT2D eigenvalue weighted by molar-refractivity contribution is 7.89. The highest BCUT2D eigenvalue weighted by atomic mass is 32.2. The Labute approximate surface area is 190 Å². The third kappa shape index (κ3) is 4.98. The maximum absolute atomic E-state index is 13.4. The smallest absolute Gasteiger partial charge is 0.432 e. The van der Waals surface area contributed by atoms with Gasteiger partial charge in [0.15, 0.2) is 6.23 Å². The molecule has 0 aliphatic carbocycles. The second-order valence-corrected chi connectivity index (χ2v) is 9.21. The summed E-state index contributed by atoms with van der Waals surface area (Å²) in [4.78, 5) is 11.7. The largest absolute Gasteiger partial charge is 0.489 e. The third-order valence-electron chi connectivity index (χ3n) is 5.24. The number of sulfonamides is 1. The molecule has 2 N–H and O–H groups in total. The van der Waals surface area contributed by atoms with Crippen LogP contribution in [0, 0.1) is 5.82 Å². The molecule has 0 spiro atoms.